The first-order valence-corrected chi connectivity index (χ1v) is 5.62. The maximum Gasteiger partial charge on any atom is 0.269 e. The van der Waals surface area contributed by atoms with E-state index in [-0.39, 0.29) is 5.91 Å². The quantitative estimate of drug-likeness (QED) is 0.751. The van der Waals surface area contributed by atoms with Crippen LogP contribution in [0.5, 0.6) is 0 Å². The number of nitrogens with zero attached hydrogens (tertiary/aromatic N) is 3. The van der Waals surface area contributed by atoms with Crippen molar-refractivity contribution in [2.45, 2.75) is 0 Å². The molecule has 0 saturated heterocycles. The van der Waals surface area contributed by atoms with Crippen LogP contribution in [0.15, 0.2) is 22.9 Å². The van der Waals surface area contributed by atoms with Gasteiger partial charge in [0.1, 0.15) is 10.3 Å². The summed E-state index contributed by atoms with van der Waals surface area (Å²) in [7, 11) is 5.36. The molecule has 0 atom stereocenters. The Kier molecular flexibility index (Phi) is 2.71. The molecule has 0 fully saturated rings. The molecule has 0 bridgehead atoms. The second kappa shape index (κ2) is 3.90. The van der Waals surface area contributed by atoms with Crippen LogP contribution < -0.4 is 0 Å². The van der Waals surface area contributed by atoms with E-state index in [1.807, 2.05) is 23.7 Å². The summed E-state index contributed by atoms with van der Waals surface area (Å²) in [4.78, 5) is 17.6. The van der Waals surface area contributed by atoms with Gasteiger partial charge in [-0.25, -0.2) is 4.98 Å². The Morgan fingerprint density at radius 3 is 2.75 bits per heavy atom. The highest BCUT2D eigenvalue weighted by Crippen LogP contribution is 2.21. The molecule has 0 aliphatic rings. The van der Waals surface area contributed by atoms with E-state index in [2.05, 4.69) is 20.9 Å². The van der Waals surface area contributed by atoms with Crippen molar-refractivity contribution in [3.05, 3.63) is 28.6 Å². The summed E-state index contributed by atoms with van der Waals surface area (Å²) < 4.78 is 2.63. The average Bonchev–Trinajstić information content (AvgIpc) is 2.54. The first-order chi connectivity index (χ1) is 7.50. The van der Waals surface area contributed by atoms with Gasteiger partial charge in [-0.1, -0.05) is 0 Å². The van der Waals surface area contributed by atoms with Gasteiger partial charge >= 0.3 is 0 Å². The zero-order chi connectivity index (χ0) is 11.9. The summed E-state index contributed by atoms with van der Waals surface area (Å²) >= 11 is 3.32. The molecule has 1 amide bonds. The minimum Gasteiger partial charge on any atom is -0.343 e. The number of halogens is 1. The molecule has 0 aliphatic heterocycles. The molecule has 4 nitrogen and oxygen atoms in total. The highest BCUT2D eigenvalue weighted by molar-refractivity contribution is 9.10. The van der Waals surface area contributed by atoms with Gasteiger partial charge in [-0.15, -0.1) is 0 Å². The van der Waals surface area contributed by atoms with E-state index in [1.54, 1.807) is 25.2 Å². The minimum atomic E-state index is -0.00479. The first kappa shape index (κ1) is 11.1. The molecule has 0 unspecified atom stereocenters. The van der Waals surface area contributed by atoms with E-state index in [1.165, 1.54) is 0 Å². The van der Waals surface area contributed by atoms with Crippen LogP contribution >= 0.6 is 15.9 Å². The maximum atomic E-state index is 11.9. The van der Waals surface area contributed by atoms with Crippen LogP contribution in [0.2, 0.25) is 0 Å². The predicted molar refractivity (Wildman–Crippen MR) is 66.4 cm³/mol. The summed E-state index contributed by atoms with van der Waals surface area (Å²) in [5.74, 6) is -0.00479. The number of aromatic nitrogens is 2. The third-order valence-corrected chi connectivity index (χ3v) is 2.95. The van der Waals surface area contributed by atoms with E-state index in [0.29, 0.717) is 5.69 Å². The van der Waals surface area contributed by atoms with Crippen molar-refractivity contribution in [1.29, 1.82) is 0 Å². The number of pyridine rings is 1. The number of fused-ring (bicyclic) bond motifs is 1. The molecule has 0 radical (unpaired) electrons. The molecule has 2 aromatic rings. The molecule has 0 aromatic carbocycles. The van der Waals surface area contributed by atoms with Crippen molar-refractivity contribution in [3.8, 4) is 0 Å². The summed E-state index contributed by atoms with van der Waals surface area (Å²) in [6.45, 7) is 0. The van der Waals surface area contributed by atoms with Crippen LogP contribution in [0.3, 0.4) is 0 Å². The highest BCUT2D eigenvalue weighted by Gasteiger charge is 2.14. The molecule has 2 heterocycles. The number of aryl methyl sites for hydroxylation is 1. The van der Waals surface area contributed by atoms with Crippen molar-refractivity contribution in [1.82, 2.24) is 14.5 Å². The summed E-state index contributed by atoms with van der Waals surface area (Å²) in [5, 5.41) is 1.01. The lowest BCUT2D eigenvalue weighted by atomic mass is 10.3. The zero-order valence-corrected chi connectivity index (χ0v) is 10.9. The van der Waals surface area contributed by atoms with Crippen molar-refractivity contribution < 1.29 is 4.79 Å². The van der Waals surface area contributed by atoms with Crippen LogP contribution in [0.25, 0.3) is 10.9 Å². The van der Waals surface area contributed by atoms with Crippen LogP contribution in [-0.2, 0) is 7.05 Å². The molecule has 0 N–H and O–H groups in total. The van der Waals surface area contributed by atoms with E-state index < -0.39 is 0 Å². The van der Waals surface area contributed by atoms with Gasteiger partial charge in [0.15, 0.2) is 0 Å². The molecule has 84 valence electrons. The predicted octanol–water partition coefficient (Wildman–Crippen LogP) is 2.04. The standard InChI is InChI=1S/C11H12BrN3O/c1-14(2)11(16)8-4-7-5-10(12)13-6-9(7)15(8)3/h4-6H,1-3H3. The number of carbonyl (C=O) groups is 1. The SMILES string of the molecule is CN(C)C(=O)c1cc2cc(Br)ncc2n1C. The molecule has 2 rings (SSSR count). The smallest absolute Gasteiger partial charge is 0.269 e. The Morgan fingerprint density at radius 2 is 2.12 bits per heavy atom. The fourth-order valence-electron chi connectivity index (χ4n) is 1.64. The minimum absolute atomic E-state index is 0.00479. The Balaban J connectivity index is 2.64. The number of amides is 1. The van der Waals surface area contributed by atoms with Crippen LogP contribution in [0.1, 0.15) is 10.5 Å². The van der Waals surface area contributed by atoms with E-state index in [4.69, 9.17) is 0 Å². The van der Waals surface area contributed by atoms with Gasteiger partial charge in [-0.3, -0.25) is 4.79 Å². The monoisotopic (exact) mass is 281 g/mol. The Bertz CT molecular complexity index is 560. The van der Waals surface area contributed by atoms with Crippen molar-refractivity contribution in [2.75, 3.05) is 14.1 Å². The first-order valence-electron chi connectivity index (χ1n) is 4.83. The van der Waals surface area contributed by atoms with Gasteiger partial charge < -0.3 is 9.47 Å². The third-order valence-electron chi connectivity index (χ3n) is 2.52. The van der Waals surface area contributed by atoms with Crippen molar-refractivity contribution >= 4 is 32.7 Å². The van der Waals surface area contributed by atoms with Crippen LogP contribution in [-0.4, -0.2) is 34.5 Å². The second-order valence-electron chi connectivity index (χ2n) is 3.85. The Hall–Kier alpha value is -1.36. The van der Waals surface area contributed by atoms with Gasteiger partial charge in [-0.2, -0.15) is 0 Å². The number of hydrogen-bond acceptors (Lipinski definition) is 2. The topological polar surface area (TPSA) is 38.1 Å². The van der Waals surface area contributed by atoms with E-state index in [9.17, 15) is 4.79 Å². The molecule has 0 saturated carbocycles. The van der Waals surface area contributed by atoms with Gasteiger partial charge in [-0.05, 0) is 28.1 Å². The molecular formula is C11H12BrN3O. The summed E-state index contributed by atoms with van der Waals surface area (Å²) in [5.41, 5.74) is 1.62. The molecule has 2 aromatic heterocycles. The third kappa shape index (κ3) is 1.71. The molecule has 0 aliphatic carbocycles. The van der Waals surface area contributed by atoms with Crippen molar-refractivity contribution in [3.63, 3.8) is 0 Å². The van der Waals surface area contributed by atoms with Gasteiger partial charge in [0, 0.05) is 26.5 Å². The largest absolute Gasteiger partial charge is 0.343 e. The van der Waals surface area contributed by atoms with Gasteiger partial charge in [0.2, 0.25) is 0 Å². The highest BCUT2D eigenvalue weighted by atomic mass is 79.9. The van der Waals surface area contributed by atoms with E-state index >= 15 is 0 Å². The number of hydrogen-bond donors (Lipinski definition) is 0. The number of rotatable bonds is 1. The lowest BCUT2D eigenvalue weighted by Crippen LogP contribution is -2.23. The summed E-state index contributed by atoms with van der Waals surface area (Å²) in [6, 6.07) is 3.78. The fraction of sp³-hybridized carbons (Fsp3) is 0.273. The van der Waals surface area contributed by atoms with Crippen molar-refractivity contribution in [2.24, 2.45) is 7.05 Å². The Morgan fingerprint density at radius 1 is 1.44 bits per heavy atom. The number of carbonyl (C=O) groups excluding carboxylic acids is 1. The molecular weight excluding hydrogens is 270 g/mol. The normalized spacial score (nSPS) is 10.8. The summed E-state index contributed by atoms with van der Waals surface area (Å²) in [6.07, 6.45) is 1.76. The second-order valence-corrected chi connectivity index (χ2v) is 4.67. The molecule has 5 heteroatoms. The zero-order valence-electron chi connectivity index (χ0n) is 9.36. The van der Waals surface area contributed by atoms with Crippen LogP contribution in [0.4, 0.5) is 0 Å². The van der Waals surface area contributed by atoms with E-state index in [0.717, 1.165) is 15.5 Å². The molecule has 0 spiro atoms. The lowest BCUT2D eigenvalue weighted by molar-refractivity contribution is 0.0819. The average molecular weight is 282 g/mol. The van der Waals surface area contributed by atoms with Crippen LogP contribution in [0, 0.1) is 0 Å². The molecule has 16 heavy (non-hydrogen) atoms. The fourth-order valence-corrected chi connectivity index (χ4v) is 1.99. The maximum absolute atomic E-state index is 11.9. The van der Waals surface area contributed by atoms with Gasteiger partial charge in [0.05, 0.1) is 11.7 Å². The lowest BCUT2D eigenvalue weighted by Gasteiger charge is -2.10. The van der Waals surface area contributed by atoms with Gasteiger partial charge in [0.25, 0.3) is 5.91 Å². The Labute approximate surface area is 102 Å².